The number of rotatable bonds is 6. The molecular formula is C18H25N3O5. The van der Waals surface area contributed by atoms with Crippen LogP contribution in [-0.2, 0) is 9.59 Å². The molecule has 1 saturated carbocycles. The van der Waals surface area contributed by atoms with E-state index in [-0.39, 0.29) is 6.04 Å². The van der Waals surface area contributed by atoms with Gasteiger partial charge in [0.1, 0.15) is 0 Å². The van der Waals surface area contributed by atoms with Gasteiger partial charge in [-0.25, -0.2) is 5.43 Å². The topological polar surface area (TPSA) is 98.2 Å². The molecule has 0 spiro atoms. The zero-order chi connectivity index (χ0) is 18.9. The second kappa shape index (κ2) is 9.65. The van der Waals surface area contributed by atoms with Crippen LogP contribution in [-0.4, -0.2) is 45.4 Å². The molecule has 0 unspecified atom stereocenters. The molecule has 26 heavy (non-hydrogen) atoms. The summed E-state index contributed by atoms with van der Waals surface area (Å²) in [4.78, 5) is 23.7. The van der Waals surface area contributed by atoms with Gasteiger partial charge in [0.15, 0.2) is 11.5 Å². The number of methoxy groups -OCH3 is 3. The molecule has 0 aliphatic heterocycles. The molecule has 8 heteroatoms. The number of nitrogens with one attached hydrogen (secondary N) is 2. The van der Waals surface area contributed by atoms with Crippen molar-refractivity contribution in [3.8, 4) is 17.2 Å². The largest absolute Gasteiger partial charge is 0.493 e. The van der Waals surface area contributed by atoms with E-state index in [1.165, 1.54) is 34.0 Å². The first-order valence-corrected chi connectivity index (χ1v) is 8.53. The van der Waals surface area contributed by atoms with Crippen LogP contribution in [0.15, 0.2) is 17.2 Å². The molecule has 2 N–H and O–H groups in total. The first-order chi connectivity index (χ1) is 12.6. The van der Waals surface area contributed by atoms with Gasteiger partial charge in [0.05, 0.1) is 27.5 Å². The number of ether oxygens (including phenoxy) is 3. The number of carbonyl (C=O) groups excluding carboxylic acids is 2. The molecule has 0 atom stereocenters. The molecule has 1 aromatic rings. The summed E-state index contributed by atoms with van der Waals surface area (Å²) in [6.07, 6.45) is 6.55. The Hall–Kier alpha value is -2.77. The second-order valence-electron chi connectivity index (χ2n) is 5.97. The Morgan fingerprint density at radius 2 is 1.62 bits per heavy atom. The van der Waals surface area contributed by atoms with E-state index in [0.29, 0.717) is 22.8 Å². The standard InChI is InChI=1S/C18H25N3O5/c1-24-14-9-12(10-15(25-2)16(14)26-3)11-19-21-18(23)17(22)20-13-7-5-4-6-8-13/h9-11,13H,4-8H2,1-3H3,(H,20,22)(H,21,23). The third kappa shape index (κ3) is 5.11. The summed E-state index contributed by atoms with van der Waals surface area (Å²) in [5.74, 6) is -0.0643. The molecule has 2 rings (SSSR count). The summed E-state index contributed by atoms with van der Waals surface area (Å²) in [6, 6.07) is 3.43. The van der Waals surface area contributed by atoms with Gasteiger partial charge in [-0.3, -0.25) is 9.59 Å². The molecule has 1 aliphatic carbocycles. The lowest BCUT2D eigenvalue weighted by atomic mass is 9.95. The Balaban J connectivity index is 1.96. The van der Waals surface area contributed by atoms with Crippen LogP contribution < -0.4 is 25.0 Å². The number of nitrogens with zero attached hydrogens (tertiary/aromatic N) is 1. The molecule has 0 aromatic heterocycles. The number of hydrazone groups is 1. The van der Waals surface area contributed by atoms with Gasteiger partial charge in [0.25, 0.3) is 0 Å². The fraction of sp³-hybridized carbons (Fsp3) is 0.500. The van der Waals surface area contributed by atoms with E-state index in [2.05, 4.69) is 15.8 Å². The van der Waals surface area contributed by atoms with E-state index in [1.54, 1.807) is 12.1 Å². The van der Waals surface area contributed by atoms with Gasteiger partial charge >= 0.3 is 11.8 Å². The molecule has 0 heterocycles. The van der Waals surface area contributed by atoms with Crippen molar-refractivity contribution >= 4 is 18.0 Å². The molecule has 2 amide bonds. The number of hydrogen-bond acceptors (Lipinski definition) is 6. The van der Waals surface area contributed by atoms with Gasteiger partial charge in [-0.2, -0.15) is 5.10 Å². The maximum absolute atomic E-state index is 11.9. The Morgan fingerprint density at radius 3 is 2.15 bits per heavy atom. The Bertz CT molecular complexity index is 644. The number of carbonyl (C=O) groups is 2. The van der Waals surface area contributed by atoms with Crippen molar-refractivity contribution in [2.24, 2.45) is 5.10 Å². The van der Waals surface area contributed by atoms with Crippen molar-refractivity contribution in [3.63, 3.8) is 0 Å². The average Bonchev–Trinajstić information content (AvgIpc) is 2.67. The third-order valence-electron chi connectivity index (χ3n) is 4.21. The predicted molar refractivity (Wildman–Crippen MR) is 96.9 cm³/mol. The molecule has 1 aromatic carbocycles. The van der Waals surface area contributed by atoms with E-state index in [0.717, 1.165) is 25.7 Å². The van der Waals surface area contributed by atoms with Crippen molar-refractivity contribution in [2.75, 3.05) is 21.3 Å². The van der Waals surface area contributed by atoms with Crippen LogP contribution >= 0.6 is 0 Å². The lowest BCUT2D eigenvalue weighted by Gasteiger charge is -2.22. The molecule has 142 valence electrons. The second-order valence-corrected chi connectivity index (χ2v) is 5.97. The molecule has 8 nitrogen and oxygen atoms in total. The minimum absolute atomic E-state index is 0.0705. The highest BCUT2D eigenvalue weighted by Crippen LogP contribution is 2.37. The van der Waals surface area contributed by atoms with Crippen LogP contribution in [0, 0.1) is 0 Å². The van der Waals surface area contributed by atoms with Gasteiger partial charge < -0.3 is 19.5 Å². The van der Waals surface area contributed by atoms with E-state index < -0.39 is 11.8 Å². The summed E-state index contributed by atoms with van der Waals surface area (Å²) >= 11 is 0. The SMILES string of the molecule is COc1cc(C=NNC(=O)C(=O)NC2CCCCC2)cc(OC)c1OC. The number of amides is 2. The number of benzene rings is 1. The predicted octanol–water partition coefficient (Wildman–Crippen LogP) is 1.61. The Morgan fingerprint density at radius 1 is 1.00 bits per heavy atom. The van der Waals surface area contributed by atoms with Crippen LogP contribution in [0.2, 0.25) is 0 Å². The Kier molecular flexibility index (Phi) is 7.25. The van der Waals surface area contributed by atoms with Crippen LogP contribution in [0.1, 0.15) is 37.7 Å². The lowest BCUT2D eigenvalue weighted by Crippen LogP contribution is -2.44. The minimum atomic E-state index is -0.792. The van der Waals surface area contributed by atoms with Gasteiger partial charge in [0.2, 0.25) is 5.75 Å². The van der Waals surface area contributed by atoms with Crippen LogP contribution in [0.4, 0.5) is 0 Å². The normalized spacial score (nSPS) is 14.7. The third-order valence-corrected chi connectivity index (χ3v) is 4.21. The van der Waals surface area contributed by atoms with Crippen molar-refractivity contribution < 1.29 is 23.8 Å². The van der Waals surface area contributed by atoms with Gasteiger partial charge in [-0.1, -0.05) is 19.3 Å². The van der Waals surface area contributed by atoms with E-state index in [1.807, 2.05) is 0 Å². The maximum atomic E-state index is 11.9. The van der Waals surface area contributed by atoms with Crippen LogP contribution in [0.25, 0.3) is 0 Å². The monoisotopic (exact) mass is 363 g/mol. The zero-order valence-electron chi connectivity index (χ0n) is 15.3. The summed E-state index contributed by atoms with van der Waals surface area (Å²) in [7, 11) is 4.53. The average molecular weight is 363 g/mol. The highest BCUT2D eigenvalue weighted by atomic mass is 16.5. The van der Waals surface area contributed by atoms with Crippen molar-refractivity contribution in [2.45, 2.75) is 38.1 Å². The van der Waals surface area contributed by atoms with Gasteiger partial charge in [-0.05, 0) is 25.0 Å². The molecule has 1 aliphatic rings. The molecule has 0 bridgehead atoms. The smallest absolute Gasteiger partial charge is 0.329 e. The summed E-state index contributed by atoms with van der Waals surface area (Å²) in [5.41, 5.74) is 2.85. The van der Waals surface area contributed by atoms with E-state index in [9.17, 15) is 9.59 Å². The molecule has 0 saturated heterocycles. The van der Waals surface area contributed by atoms with Crippen molar-refractivity contribution in [3.05, 3.63) is 17.7 Å². The highest BCUT2D eigenvalue weighted by Gasteiger charge is 2.20. The fourth-order valence-corrected chi connectivity index (χ4v) is 2.89. The Labute approximate surface area is 152 Å². The van der Waals surface area contributed by atoms with E-state index >= 15 is 0 Å². The van der Waals surface area contributed by atoms with Crippen molar-refractivity contribution in [1.29, 1.82) is 0 Å². The minimum Gasteiger partial charge on any atom is -0.493 e. The van der Waals surface area contributed by atoms with Gasteiger partial charge in [0, 0.05) is 11.6 Å². The van der Waals surface area contributed by atoms with Gasteiger partial charge in [-0.15, -0.1) is 0 Å². The summed E-state index contributed by atoms with van der Waals surface area (Å²) in [5, 5.41) is 6.56. The first-order valence-electron chi connectivity index (χ1n) is 8.53. The quantitative estimate of drug-likeness (QED) is 0.455. The highest BCUT2D eigenvalue weighted by molar-refractivity contribution is 6.35. The molecule has 1 fully saturated rings. The van der Waals surface area contributed by atoms with E-state index in [4.69, 9.17) is 14.2 Å². The summed E-state index contributed by atoms with van der Waals surface area (Å²) in [6.45, 7) is 0. The zero-order valence-corrected chi connectivity index (χ0v) is 15.3. The maximum Gasteiger partial charge on any atom is 0.329 e. The van der Waals surface area contributed by atoms with Crippen LogP contribution in [0.5, 0.6) is 17.2 Å². The lowest BCUT2D eigenvalue weighted by molar-refractivity contribution is -0.139. The van der Waals surface area contributed by atoms with Crippen LogP contribution in [0.3, 0.4) is 0 Å². The summed E-state index contributed by atoms with van der Waals surface area (Å²) < 4.78 is 15.7. The van der Waals surface area contributed by atoms with Crippen molar-refractivity contribution in [1.82, 2.24) is 10.7 Å². The fourth-order valence-electron chi connectivity index (χ4n) is 2.89. The number of hydrogen-bond donors (Lipinski definition) is 2. The first kappa shape index (κ1) is 19.6. The molecular weight excluding hydrogens is 338 g/mol. The molecule has 0 radical (unpaired) electrons.